The van der Waals surface area contributed by atoms with E-state index in [2.05, 4.69) is 0 Å². The van der Waals surface area contributed by atoms with Crippen LogP contribution in [0.4, 0.5) is 0 Å². The highest BCUT2D eigenvalue weighted by Gasteiger charge is 2.48. The first-order valence-electron chi connectivity index (χ1n) is 16.3. The lowest BCUT2D eigenvalue weighted by Crippen LogP contribution is -2.59. The number of hydrogen-bond acceptors (Lipinski definition) is 15. The van der Waals surface area contributed by atoms with Crippen LogP contribution in [0, 0.1) is 5.92 Å². The average molecular weight is 701 g/mol. The molecule has 0 spiro atoms. The van der Waals surface area contributed by atoms with Gasteiger partial charge in [-0.1, -0.05) is 13.8 Å². The lowest BCUT2D eigenvalue weighted by atomic mass is 9.88. The summed E-state index contributed by atoms with van der Waals surface area (Å²) in [5.74, 6) is -0.463. The lowest BCUT2D eigenvalue weighted by molar-refractivity contribution is -0.302. The fourth-order valence-corrected chi connectivity index (χ4v) is 6.70. The summed E-state index contributed by atoms with van der Waals surface area (Å²) in [6.07, 6.45) is -1.92. The standard InChI is InChI=1S/2C11H22O5.C11H20O5/c1-7-9(13-3)11(15-5)10(14-4)8(16-7)6-12-2;1-6-7-8(12-2)9(13-3)10(14-4)11(15-5)16-7;1-6-8(13-3)10(14-4)7(2)16-9(6)11(12)15-5/h2*7-11H,6H2,1-5H3;6-10H,1-5H3/t;;6-,7?,8?,9?,10?/m..0/s1. The van der Waals surface area contributed by atoms with E-state index in [-0.39, 0.29) is 85.1 Å². The molecular weight excluding hydrogens is 636 g/mol. The van der Waals surface area contributed by atoms with E-state index in [9.17, 15) is 4.79 Å². The highest BCUT2D eigenvalue weighted by Crippen LogP contribution is 2.31. The molecule has 0 saturated carbocycles. The van der Waals surface area contributed by atoms with Crippen LogP contribution in [-0.4, -0.2) is 176 Å². The van der Waals surface area contributed by atoms with E-state index in [4.69, 9.17) is 66.3 Å². The summed E-state index contributed by atoms with van der Waals surface area (Å²) < 4.78 is 75.6. The predicted molar refractivity (Wildman–Crippen MR) is 174 cm³/mol. The molecule has 0 amide bonds. The SMILES string of the molecule is CCC1OC(OC)C(OC)C(OC)C1OC.COC(=O)C1OC(C)C(OC)C(OC)[C@@H]1C.COCC1OC(C)C(OC)C(OC)C1OC. The van der Waals surface area contributed by atoms with E-state index in [1.807, 2.05) is 27.7 Å². The van der Waals surface area contributed by atoms with Crippen molar-refractivity contribution in [3.8, 4) is 0 Å². The summed E-state index contributed by atoms with van der Waals surface area (Å²) in [5.41, 5.74) is 0. The van der Waals surface area contributed by atoms with Crippen molar-refractivity contribution in [3.63, 3.8) is 0 Å². The van der Waals surface area contributed by atoms with Gasteiger partial charge < -0.3 is 66.3 Å². The summed E-state index contributed by atoms with van der Waals surface area (Å²) in [7, 11) is 17.7. The van der Waals surface area contributed by atoms with Gasteiger partial charge in [-0.25, -0.2) is 4.79 Å². The summed E-state index contributed by atoms with van der Waals surface area (Å²) in [6.45, 7) is 8.26. The molecule has 15 nitrogen and oxygen atoms in total. The highest BCUT2D eigenvalue weighted by atomic mass is 16.7. The third kappa shape index (κ3) is 11.2. The lowest BCUT2D eigenvalue weighted by Gasteiger charge is -2.44. The molecule has 15 heteroatoms. The minimum Gasteiger partial charge on any atom is -0.467 e. The molecule has 3 aliphatic rings. The fraction of sp³-hybridized carbons (Fsp3) is 0.970. The molecule has 14 unspecified atom stereocenters. The normalized spacial score (nSPS) is 39.8. The Hall–Kier alpha value is -1.05. The van der Waals surface area contributed by atoms with Crippen molar-refractivity contribution >= 4 is 5.97 Å². The Morgan fingerprint density at radius 3 is 1.35 bits per heavy atom. The fourth-order valence-electron chi connectivity index (χ4n) is 6.70. The molecule has 0 aliphatic carbocycles. The molecule has 0 radical (unpaired) electrons. The van der Waals surface area contributed by atoms with Crippen LogP contribution in [-0.2, 0) is 71.1 Å². The van der Waals surface area contributed by atoms with Crippen molar-refractivity contribution in [3.05, 3.63) is 0 Å². The first-order valence-corrected chi connectivity index (χ1v) is 16.3. The number of carbonyl (C=O) groups excluding carboxylic acids is 1. The Labute approximate surface area is 287 Å². The van der Waals surface area contributed by atoms with Crippen LogP contribution in [0.15, 0.2) is 0 Å². The molecular formula is C33H64O15. The van der Waals surface area contributed by atoms with Gasteiger partial charge in [0.25, 0.3) is 0 Å². The molecule has 0 bridgehead atoms. The van der Waals surface area contributed by atoms with Crippen LogP contribution in [0.25, 0.3) is 0 Å². The van der Waals surface area contributed by atoms with Crippen LogP contribution in [0.2, 0.25) is 0 Å². The van der Waals surface area contributed by atoms with Crippen molar-refractivity contribution < 1.29 is 71.1 Å². The van der Waals surface area contributed by atoms with E-state index < -0.39 is 12.4 Å². The largest absolute Gasteiger partial charge is 0.467 e. The van der Waals surface area contributed by atoms with Gasteiger partial charge in [0.05, 0.1) is 38.1 Å². The van der Waals surface area contributed by atoms with E-state index in [1.165, 1.54) is 7.11 Å². The minimum absolute atomic E-state index is 0.0358. The van der Waals surface area contributed by atoms with Crippen LogP contribution in [0.3, 0.4) is 0 Å². The summed E-state index contributed by atoms with van der Waals surface area (Å²) in [6, 6.07) is 0. The Morgan fingerprint density at radius 1 is 0.500 bits per heavy atom. The van der Waals surface area contributed by atoms with Crippen LogP contribution >= 0.6 is 0 Å². The maximum absolute atomic E-state index is 11.5. The topological polar surface area (TPSA) is 146 Å². The molecule has 3 saturated heterocycles. The number of esters is 1. The molecule has 3 fully saturated rings. The monoisotopic (exact) mass is 700 g/mol. The molecule has 0 aromatic heterocycles. The van der Waals surface area contributed by atoms with Crippen molar-refractivity contribution in [2.75, 3.05) is 84.8 Å². The van der Waals surface area contributed by atoms with E-state index in [0.717, 1.165) is 6.42 Å². The summed E-state index contributed by atoms with van der Waals surface area (Å²) >= 11 is 0. The average Bonchev–Trinajstić information content (AvgIpc) is 3.10. The molecule has 3 aliphatic heterocycles. The second-order valence-corrected chi connectivity index (χ2v) is 11.8. The highest BCUT2D eigenvalue weighted by molar-refractivity contribution is 5.75. The van der Waals surface area contributed by atoms with Gasteiger partial charge in [-0.2, -0.15) is 0 Å². The van der Waals surface area contributed by atoms with Crippen molar-refractivity contribution in [2.24, 2.45) is 5.92 Å². The predicted octanol–water partition coefficient (Wildman–Crippen LogP) is 1.89. The van der Waals surface area contributed by atoms with Gasteiger partial charge in [0, 0.05) is 77.0 Å². The number of rotatable bonds is 13. The number of carbonyl (C=O) groups is 1. The minimum atomic E-state index is -0.587. The first-order chi connectivity index (χ1) is 23.0. The molecule has 15 atom stereocenters. The molecule has 48 heavy (non-hydrogen) atoms. The molecule has 0 aromatic rings. The number of hydrogen-bond donors (Lipinski definition) is 0. The first kappa shape index (κ1) is 45.0. The smallest absolute Gasteiger partial charge is 0.335 e. The number of methoxy groups -OCH3 is 11. The van der Waals surface area contributed by atoms with E-state index >= 15 is 0 Å². The van der Waals surface area contributed by atoms with Gasteiger partial charge in [-0.15, -0.1) is 0 Å². The quantitative estimate of drug-likeness (QED) is 0.258. The van der Waals surface area contributed by atoms with Gasteiger partial charge in [0.15, 0.2) is 12.4 Å². The second-order valence-electron chi connectivity index (χ2n) is 11.8. The maximum atomic E-state index is 11.5. The van der Waals surface area contributed by atoms with Gasteiger partial charge in [-0.05, 0) is 20.3 Å². The van der Waals surface area contributed by atoms with Crippen LogP contribution < -0.4 is 0 Å². The Morgan fingerprint density at radius 2 is 0.938 bits per heavy atom. The van der Waals surface area contributed by atoms with Gasteiger partial charge in [0.1, 0.15) is 48.8 Å². The number of ether oxygens (including phenoxy) is 14. The summed E-state index contributed by atoms with van der Waals surface area (Å²) in [5, 5.41) is 0. The van der Waals surface area contributed by atoms with Crippen molar-refractivity contribution in [2.45, 2.75) is 120 Å². The van der Waals surface area contributed by atoms with E-state index in [0.29, 0.717) is 6.61 Å². The van der Waals surface area contributed by atoms with Gasteiger partial charge >= 0.3 is 5.97 Å². The Balaban J connectivity index is 0.000000360. The zero-order valence-electron chi connectivity index (χ0n) is 31.7. The molecule has 3 heterocycles. The third-order valence-corrected chi connectivity index (χ3v) is 9.18. The Bertz CT molecular complexity index is 834. The van der Waals surface area contributed by atoms with Crippen LogP contribution in [0.5, 0.6) is 0 Å². The van der Waals surface area contributed by atoms with Gasteiger partial charge in [-0.3, -0.25) is 0 Å². The van der Waals surface area contributed by atoms with Crippen LogP contribution in [0.1, 0.15) is 34.1 Å². The van der Waals surface area contributed by atoms with Crippen molar-refractivity contribution in [1.29, 1.82) is 0 Å². The maximum Gasteiger partial charge on any atom is 0.335 e. The van der Waals surface area contributed by atoms with Crippen molar-refractivity contribution in [1.82, 2.24) is 0 Å². The summed E-state index contributed by atoms with van der Waals surface area (Å²) in [4.78, 5) is 11.5. The van der Waals surface area contributed by atoms with E-state index in [1.54, 1.807) is 71.1 Å². The zero-order chi connectivity index (χ0) is 36.6. The third-order valence-electron chi connectivity index (χ3n) is 9.18. The second kappa shape index (κ2) is 23.4. The van der Waals surface area contributed by atoms with Gasteiger partial charge in [0.2, 0.25) is 0 Å². The molecule has 3 rings (SSSR count). The zero-order valence-corrected chi connectivity index (χ0v) is 31.7. The molecule has 286 valence electrons. The Kier molecular flexibility index (Phi) is 22.0. The molecule has 0 aromatic carbocycles. The molecule has 0 N–H and O–H groups in total.